The Morgan fingerprint density at radius 2 is 1.91 bits per heavy atom. The number of nitrogens with one attached hydrogen (secondary N) is 1. The average Bonchev–Trinajstić information content (AvgIpc) is 3.31. The molecule has 1 fully saturated rings. The van der Waals surface area contributed by atoms with E-state index in [1.54, 1.807) is 12.1 Å². The number of aliphatic carboxylic acids is 2. The maximum Gasteiger partial charge on any atom is 0.340 e. The summed E-state index contributed by atoms with van der Waals surface area (Å²) >= 11 is 0. The van der Waals surface area contributed by atoms with Crippen LogP contribution >= 0.6 is 0 Å². The number of likely N-dealkylation sites (tertiary alicyclic amines) is 1. The Kier molecular flexibility index (Phi) is 8.65. The summed E-state index contributed by atoms with van der Waals surface area (Å²) in [6.07, 6.45) is -2.90. The number of benzene rings is 1. The van der Waals surface area contributed by atoms with Crippen LogP contribution in [0.2, 0.25) is 0 Å². The molecule has 0 unspecified atom stereocenters. The van der Waals surface area contributed by atoms with Crippen LogP contribution in [-0.4, -0.2) is 110 Å². The van der Waals surface area contributed by atoms with Gasteiger partial charge in [-0.1, -0.05) is 12.1 Å². The monoisotopic (exact) mass is 632 g/mol. The molecule has 244 valence electrons. The molecule has 2 aliphatic heterocycles. The fourth-order valence-electron chi connectivity index (χ4n) is 7.27. The molecule has 2 aliphatic carbocycles. The number of likely N-dealkylation sites (N-methyl/N-ethyl adjacent to an activating group) is 1. The molecule has 1 spiro atoms. The molecule has 6 N–H and O–H groups in total. The van der Waals surface area contributed by atoms with Gasteiger partial charge < -0.3 is 50.0 Å². The van der Waals surface area contributed by atoms with E-state index in [0.717, 1.165) is 24.6 Å². The van der Waals surface area contributed by atoms with Gasteiger partial charge in [0.2, 0.25) is 0 Å². The van der Waals surface area contributed by atoms with Crippen molar-refractivity contribution < 1.29 is 63.7 Å². The van der Waals surface area contributed by atoms with Crippen molar-refractivity contribution in [3.05, 3.63) is 40.7 Å². The van der Waals surface area contributed by atoms with Crippen LogP contribution in [0.5, 0.6) is 5.75 Å². The molecule has 2 heterocycles. The fourth-order valence-corrected chi connectivity index (χ4v) is 7.27. The van der Waals surface area contributed by atoms with Gasteiger partial charge in [-0.15, -0.1) is 0 Å². The van der Waals surface area contributed by atoms with E-state index < -0.39 is 78.0 Å². The Hall–Kier alpha value is -4.05. The standard InChI is InChI=1S/C30H36N2O13/c1-14(26(38)31-17(27(39)40)11-21(35)36)43-22(37)12-18(34)28(41)44-19-6-8-30(42)20-10-15-4-5-16(13-33)24-23(15)29(30,25(19)45-24)7-3-9-32(20)2/h4-6,14,17-18,20,25,33-34,42H,3,7-13H2,1-2H3,(H,31,38)(H,35,36)(H,39,40)/t14-,17-,18-,20+,25-,29-,30+/m0/s1. The zero-order chi connectivity index (χ0) is 32.8. The number of carboxylic acids is 2. The molecule has 0 aromatic heterocycles. The average molecular weight is 633 g/mol. The number of nitrogens with zero attached hydrogens (tertiary/aromatic N) is 1. The molecule has 15 nitrogen and oxygen atoms in total. The molecular formula is C30H36N2O13. The van der Waals surface area contributed by atoms with Gasteiger partial charge in [-0.3, -0.25) is 14.4 Å². The molecular weight excluding hydrogens is 596 g/mol. The number of hydrogen-bond donors (Lipinski definition) is 6. The molecule has 1 aromatic rings. The largest absolute Gasteiger partial charge is 0.481 e. The Labute approximate surface area is 257 Å². The summed E-state index contributed by atoms with van der Waals surface area (Å²) in [5.41, 5.74) is 0.00948. The third-order valence-corrected chi connectivity index (χ3v) is 9.37. The predicted octanol–water partition coefficient (Wildman–Crippen LogP) is -0.883. The first-order valence-electron chi connectivity index (χ1n) is 14.6. The lowest BCUT2D eigenvalue weighted by atomic mass is 9.52. The van der Waals surface area contributed by atoms with Crippen molar-refractivity contribution in [3.8, 4) is 5.75 Å². The van der Waals surface area contributed by atoms with Gasteiger partial charge in [0.25, 0.3) is 5.91 Å². The van der Waals surface area contributed by atoms with Crippen LogP contribution in [0.25, 0.3) is 0 Å². The van der Waals surface area contributed by atoms with Crippen LogP contribution < -0.4 is 10.1 Å². The minimum absolute atomic E-state index is 0.0548. The van der Waals surface area contributed by atoms with Crippen LogP contribution in [0, 0.1) is 0 Å². The van der Waals surface area contributed by atoms with Gasteiger partial charge in [0.15, 0.2) is 18.3 Å². The number of aliphatic hydroxyl groups is 3. The van der Waals surface area contributed by atoms with Crippen LogP contribution in [0.15, 0.2) is 24.0 Å². The fraction of sp³-hybridized carbons (Fsp3) is 0.567. The zero-order valence-corrected chi connectivity index (χ0v) is 24.7. The first-order chi connectivity index (χ1) is 21.2. The number of ether oxygens (including phenoxy) is 3. The number of aliphatic hydroxyl groups excluding tert-OH is 2. The third-order valence-electron chi connectivity index (χ3n) is 9.37. The van der Waals surface area contributed by atoms with Gasteiger partial charge in [-0.25, -0.2) is 9.59 Å². The number of esters is 2. The summed E-state index contributed by atoms with van der Waals surface area (Å²) in [7, 11) is 1.96. The number of hydrogen-bond acceptors (Lipinski definition) is 12. The van der Waals surface area contributed by atoms with Crippen molar-refractivity contribution in [3.63, 3.8) is 0 Å². The lowest BCUT2D eigenvalue weighted by Gasteiger charge is -2.56. The number of rotatable bonds is 11. The Morgan fingerprint density at radius 3 is 2.58 bits per heavy atom. The van der Waals surface area contributed by atoms with Crippen molar-refractivity contribution in [2.24, 2.45) is 0 Å². The summed E-state index contributed by atoms with van der Waals surface area (Å²) in [6.45, 7) is 1.52. The molecule has 0 saturated carbocycles. The minimum atomic E-state index is -2.02. The molecule has 1 amide bonds. The van der Waals surface area contributed by atoms with Gasteiger partial charge in [-0.2, -0.15) is 0 Å². The molecule has 15 heteroatoms. The van der Waals surface area contributed by atoms with Crippen molar-refractivity contribution in [1.82, 2.24) is 10.2 Å². The predicted molar refractivity (Wildman–Crippen MR) is 150 cm³/mol. The van der Waals surface area contributed by atoms with E-state index in [9.17, 15) is 39.3 Å². The molecule has 7 atom stereocenters. The number of carbonyl (C=O) groups excluding carboxylic acids is 3. The first-order valence-corrected chi connectivity index (χ1v) is 14.6. The normalized spacial score (nSPS) is 28.2. The van der Waals surface area contributed by atoms with Gasteiger partial charge in [0.05, 0.1) is 30.5 Å². The van der Waals surface area contributed by atoms with Gasteiger partial charge >= 0.3 is 23.9 Å². The van der Waals surface area contributed by atoms with Crippen LogP contribution in [0.1, 0.15) is 55.7 Å². The highest BCUT2D eigenvalue weighted by Crippen LogP contribution is 2.64. The van der Waals surface area contributed by atoms with E-state index in [-0.39, 0.29) is 24.8 Å². The number of carbonyl (C=O) groups is 5. The van der Waals surface area contributed by atoms with E-state index in [1.165, 1.54) is 0 Å². The highest BCUT2D eigenvalue weighted by molar-refractivity contribution is 5.90. The Balaban J connectivity index is 1.30. The highest BCUT2D eigenvalue weighted by atomic mass is 16.6. The van der Waals surface area contributed by atoms with Crippen LogP contribution in [-0.2, 0) is 51.9 Å². The molecule has 4 aliphatic rings. The Morgan fingerprint density at radius 1 is 1.18 bits per heavy atom. The van der Waals surface area contributed by atoms with Gasteiger partial charge in [0, 0.05) is 23.6 Å². The summed E-state index contributed by atoms with van der Waals surface area (Å²) in [5, 5.41) is 52.8. The van der Waals surface area contributed by atoms with Crippen molar-refractivity contribution in [2.45, 2.75) is 93.5 Å². The van der Waals surface area contributed by atoms with Gasteiger partial charge in [0.1, 0.15) is 17.6 Å². The van der Waals surface area contributed by atoms with Crippen LogP contribution in [0.4, 0.5) is 0 Å². The van der Waals surface area contributed by atoms with Crippen molar-refractivity contribution in [2.75, 3.05) is 13.6 Å². The molecule has 1 aromatic carbocycles. The second kappa shape index (κ2) is 12.0. The Bertz CT molecular complexity index is 1460. The molecule has 2 bridgehead atoms. The SMILES string of the molecule is C[C@H](OC(=O)C[C@H](O)C(=O)OC1=CC[C@@]2(O)[C@H]3Cc4ccc(CO)c5c4[C@@]2(CCCN3C)[C@H]1O5)C(=O)N[C@@H](CC(=O)O)C(=O)O. The first kappa shape index (κ1) is 32.3. The maximum absolute atomic E-state index is 13.0. The van der Waals surface area contributed by atoms with Gasteiger partial charge in [-0.05, 0) is 51.4 Å². The van der Waals surface area contributed by atoms with E-state index in [0.29, 0.717) is 30.6 Å². The molecule has 45 heavy (non-hydrogen) atoms. The van der Waals surface area contributed by atoms with Crippen molar-refractivity contribution in [1.29, 1.82) is 0 Å². The van der Waals surface area contributed by atoms with E-state index >= 15 is 0 Å². The molecule has 1 saturated heterocycles. The lowest BCUT2D eigenvalue weighted by Crippen LogP contribution is -2.69. The van der Waals surface area contributed by atoms with Crippen molar-refractivity contribution >= 4 is 29.8 Å². The van der Waals surface area contributed by atoms with E-state index in [4.69, 9.17) is 24.4 Å². The second-order valence-electron chi connectivity index (χ2n) is 12.0. The highest BCUT2D eigenvalue weighted by Gasteiger charge is 2.70. The summed E-state index contributed by atoms with van der Waals surface area (Å²) in [4.78, 5) is 61.9. The van der Waals surface area contributed by atoms with E-state index in [2.05, 4.69) is 4.90 Å². The topological polar surface area (TPSA) is 229 Å². The summed E-state index contributed by atoms with van der Waals surface area (Å²) < 4.78 is 16.9. The van der Waals surface area contributed by atoms with Crippen LogP contribution in [0.3, 0.4) is 0 Å². The summed E-state index contributed by atoms with van der Waals surface area (Å²) in [6, 6.07) is 1.68. The molecule has 5 rings (SSSR count). The summed E-state index contributed by atoms with van der Waals surface area (Å²) in [5.74, 6) is -6.05. The second-order valence-corrected chi connectivity index (χ2v) is 12.0. The molecule has 0 radical (unpaired) electrons. The number of carboxylic acid groups (broad SMARTS) is 2. The minimum Gasteiger partial charge on any atom is -0.481 e. The smallest absolute Gasteiger partial charge is 0.340 e. The lowest BCUT2D eigenvalue weighted by molar-refractivity contribution is -0.165. The number of amides is 1. The third kappa shape index (κ3) is 5.43. The zero-order valence-electron chi connectivity index (χ0n) is 24.7. The quantitative estimate of drug-likeness (QED) is 0.163. The van der Waals surface area contributed by atoms with E-state index in [1.807, 2.05) is 18.4 Å². The maximum atomic E-state index is 13.0.